The van der Waals surface area contributed by atoms with Gasteiger partial charge in [-0.25, -0.2) is 14.4 Å². The monoisotopic (exact) mass is 355 g/mol. The van der Waals surface area contributed by atoms with Gasteiger partial charge < -0.3 is 15.2 Å². The number of ether oxygens (including phenoxy) is 1. The average molecular weight is 355 g/mol. The lowest BCUT2D eigenvalue weighted by molar-refractivity contribution is -0.139. The van der Waals surface area contributed by atoms with Crippen LogP contribution in [0.25, 0.3) is 10.2 Å². The van der Waals surface area contributed by atoms with Gasteiger partial charge in [0.2, 0.25) is 0 Å². The van der Waals surface area contributed by atoms with E-state index in [0.29, 0.717) is 4.83 Å². The third kappa shape index (κ3) is 4.02. The van der Waals surface area contributed by atoms with Crippen molar-refractivity contribution in [1.29, 1.82) is 0 Å². The van der Waals surface area contributed by atoms with Crippen LogP contribution in [0.1, 0.15) is 20.8 Å². The van der Waals surface area contributed by atoms with E-state index in [0.717, 1.165) is 15.9 Å². The van der Waals surface area contributed by atoms with Crippen LogP contribution >= 0.6 is 11.3 Å². The predicted molar refractivity (Wildman–Crippen MR) is 87.5 cm³/mol. The highest BCUT2D eigenvalue weighted by Gasteiger charge is 2.25. The molecular weight excluding hydrogens is 338 g/mol. The normalized spacial score (nSPS) is 12.8. The number of hydrogen-bond acceptors (Lipinski definition) is 6. The highest BCUT2D eigenvalue weighted by Crippen LogP contribution is 2.15. The minimum Gasteiger partial charge on any atom is -0.480 e. The van der Waals surface area contributed by atoms with Crippen molar-refractivity contribution in [2.24, 2.45) is 0 Å². The zero-order chi connectivity index (χ0) is 18.1. The summed E-state index contributed by atoms with van der Waals surface area (Å²) < 4.78 is 6.13. The number of rotatable bonds is 4. The van der Waals surface area contributed by atoms with Crippen molar-refractivity contribution < 1.29 is 19.4 Å². The molecule has 2 heterocycles. The van der Waals surface area contributed by atoms with Crippen LogP contribution in [0, 0.1) is 0 Å². The van der Waals surface area contributed by atoms with Crippen molar-refractivity contribution in [3.05, 3.63) is 32.3 Å². The highest BCUT2D eigenvalue weighted by atomic mass is 32.1. The van der Waals surface area contributed by atoms with Gasteiger partial charge in [-0.2, -0.15) is 0 Å². The largest absolute Gasteiger partial charge is 0.480 e. The standard InChI is InChI=1S/C14H17N3O6S/c1-14(2,3)23-13(22)15-8(11(19)20)6-17-10-7(4-5-24-10)9(18)16-12(17)21/h4-5,8H,6H2,1-3H3,(H,15,22)(H,19,20)(H,16,18,21)/t8-/m0/s1. The Kier molecular flexibility index (Phi) is 4.78. The maximum atomic E-state index is 12.0. The predicted octanol–water partition coefficient (Wildman–Crippen LogP) is 0.729. The van der Waals surface area contributed by atoms with Crippen LogP contribution in [-0.4, -0.2) is 38.4 Å². The molecule has 0 saturated carbocycles. The van der Waals surface area contributed by atoms with Crippen LogP contribution in [0.3, 0.4) is 0 Å². The maximum Gasteiger partial charge on any atom is 0.408 e. The number of carbonyl (C=O) groups is 2. The number of H-pyrrole nitrogens is 1. The number of amides is 1. The number of hydrogen-bond donors (Lipinski definition) is 3. The molecule has 0 bridgehead atoms. The van der Waals surface area contributed by atoms with E-state index < -0.39 is 35.0 Å². The second-order valence-corrected chi connectivity index (χ2v) is 6.94. The zero-order valence-corrected chi connectivity index (χ0v) is 14.1. The van der Waals surface area contributed by atoms with Crippen molar-refractivity contribution in [2.75, 3.05) is 0 Å². The SMILES string of the molecule is CC(C)(C)OC(=O)N[C@@H](Cn1c(=O)[nH]c(=O)c2ccsc21)C(=O)O. The highest BCUT2D eigenvalue weighted by molar-refractivity contribution is 7.16. The lowest BCUT2D eigenvalue weighted by atomic mass is 10.2. The number of nitrogens with one attached hydrogen (secondary N) is 2. The third-order valence-electron chi connectivity index (χ3n) is 2.95. The average Bonchev–Trinajstić information content (AvgIpc) is 2.89. The quantitative estimate of drug-likeness (QED) is 0.741. The summed E-state index contributed by atoms with van der Waals surface area (Å²) >= 11 is 1.13. The number of thiophene rings is 1. The van der Waals surface area contributed by atoms with Crippen molar-refractivity contribution in [2.45, 2.75) is 39.0 Å². The summed E-state index contributed by atoms with van der Waals surface area (Å²) in [5.74, 6) is -1.33. The molecule has 2 aromatic heterocycles. The molecule has 0 radical (unpaired) electrons. The van der Waals surface area contributed by atoms with E-state index in [2.05, 4.69) is 10.3 Å². The molecule has 2 rings (SSSR count). The van der Waals surface area contributed by atoms with Gasteiger partial charge in [-0.05, 0) is 32.2 Å². The summed E-state index contributed by atoms with van der Waals surface area (Å²) in [5.41, 5.74) is -2.07. The van der Waals surface area contributed by atoms with Crippen LogP contribution in [0.5, 0.6) is 0 Å². The van der Waals surface area contributed by atoms with Gasteiger partial charge in [-0.3, -0.25) is 14.3 Å². The van der Waals surface area contributed by atoms with Crippen LogP contribution in [0.15, 0.2) is 21.0 Å². The van der Waals surface area contributed by atoms with Gasteiger partial charge in [0, 0.05) is 0 Å². The molecular formula is C14H17N3O6S. The smallest absolute Gasteiger partial charge is 0.408 e. The first kappa shape index (κ1) is 17.7. The Morgan fingerprint density at radius 2 is 2.08 bits per heavy atom. The number of carbonyl (C=O) groups excluding carboxylic acids is 1. The molecule has 0 aromatic carbocycles. The Labute approximate surface area is 139 Å². The molecule has 0 saturated heterocycles. The molecule has 1 amide bonds. The fraction of sp³-hybridized carbons (Fsp3) is 0.429. The molecule has 0 aliphatic rings. The topological polar surface area (TPSA) is 130 Å². The molecule has 0 spiro atoms. The first-order valence-electron chi connectivity index (χ1n) is 7.01. The van der Waals surface area contributed by atoms with Gasteiger partial charge in [0.15, 0.2) is 0 Å². The summed E-state index contributed by atoms with van der Waals surface area (Å²) in [6.07, 6.45) is -0.908. The fourth-order valence-corrected chi connectivity index (χ4v) is 2.90. The molecule has 0 aliphatic heterocycles. The van der Waals surface area contributed by atoms with Crippen LogP contribution < -0.4 is 16.6 Å². The molecule has 3 N–H and O–H groups in total. The molecule has 0 aliphatic carbocycles. The Morgan fingerprint density at radius 1 is 1.42 bits per heavy atom. The molecule has 1 atom stereocenters. The van der Waals surface area contributed by atoms with E-state index in [1.54, 1.807) is 26.2 Å². The first-order valence-corrected chi connectivity index (χ1v) is 7.89. The van der Waals surface area contributed by atoms with Crippen molar-refractivity contribution in [3.8, 4) is 0 Å². The molecule has 9 nitrogen and oxygen atoms in total. The summed E-state index contributed by atoms with van der Waals surface area (Å²) in [4.78, 5) is 49.3. The van der Waals surface area contributed by atoms with Crippen LogP contribution in [-0.2, 0) is 16.1 Å². The summed E-state index contributed by atoms with van der Waals surface area (Å²) in [6.45, 7) is 4.58. The second kappa shape index (κ2) is 6.48. The number of carboxylic acids is 1. The summed E-state index contributed by atoms with van der Waals surface area (Å²) in [5, 5.41) is 13.4. The van der Waals surface area contributed by atoms with E-state index in [-0.39, 0.29) is 11.9 Å². The number of fused-ring (bicyclic) bond motifs is 1. The number of alkyl carbamates (subject to hydrolysis) is 1. The maximum absolute atomic E-state index is 12.0. The number of aromatic nitrogens is 2. The van der Waals surface area contributed by atoms with Gasteiger partial charge in [0.05, 0.1) is 11.9 Å². The molecule has 10 heteroatoms. The lowest BCUT2D eigenvalue weighted by Crippen LogP contribution is -2.47. The van der Waals surface area contributed by atoms with Gasteiger partial charge >= 0.3 is 17.8 Å². The van der Waals surface area contributed by atoms with E-state index in [1.165, 1.54) is 6.07 Å². The van der Waals surface area contributed by atoms with Crippen molar-refractivity contribution >= 4 is 33.6 Å². The Morgan fingerprint density at radius 3 is 2.67 bits per heavy atom. The van der Waals surface area contributed by atoms with Gasteiger partial charge in [-0.15, -0.1) is 11.3 Å². The number of aliphatic carboxylic acids is 1. The molecule has 0 fully saturated rings. The third-order valence-corrected chi connectivity index (χ3v) is 3.89. The van der Waals surface area contributed by atoms with Crippen LogP contribution in [0.2, 0.25) is 0 Å². The Hall–Kier alpha value is -2.62. The van der Waals surface area contributed by atoms with Gasteiger partial charge in [0.1, 0.15) is 16.5 Å². The van der Waals surface area contributed by atoms with E-state index >= 15 is 0 Å². The number of nitrogens with zero attached hydrogens (tertiary/aromatic N) is 1. The number of aromatic amines is 1. The minimum absolute atomic E-state index is 0.279. The van der Waals surface area contributed by atoms with E-state index in [1.807, 2.05) is 0 Å². The van der Waals surface area contributed by atoms with Crippen molar-refractivity contribution in [3.63, 3.8) is 0 Å². The van der Waals surface area contributed by atoms with E-state index in [4.69, 9.17) is 4.74 Å². The molecule has 0 unspecified atom stereocenters. The second-order valence-electron chi connectivity index (χ2n) is 6.05. The summed E-state index contributed by atoms with van der Waals surface area (Å²) in [7, 11) is 0. The summed E-state index contributed by atoms with van der Waals surface area (Å²) in [6, 6.07) is 0.139. The molecule has 130 valence electrons. The Bertz CT molecular complexity index is 888. The molecule has 24 heavy (non-hydrogen) atoms. The lowest BCUT2D eigenvalue weighted by Gasteiger charge is -2.22. The van der Waals surface area contributed by atoms with Gasteiger partial charge in [-0.1, -0.05) is 0 Å². The molecule has 2 aromatic rings. The fourth-order valence-electron chi connectivity index (χ4n) is 1.99. The van der Waals surface area contributed by atoms with E-state index in [9.17, 15) is 24.3 Å². The minimum atomic E-state index is -1.39. The van der Waals surface area contributed by atoms with Crippen LogP contribution in [0.4, 0.5) is 4.79 Å². The number of carboxylic acid groups (broad SMARTS) is 1. The Balaban J connectivity index is 2.31. The van der Waals surface area contributed by atoms with Crippen molar-refractivity contribution in [1.82, 2.24) is 14.9 Å². The zero-order valence-electron chi connectivity index (χ0n) is 13.3. The first-order chi connectivity index (χ1) is 11.1. The van der Waals surface area contributed by atoms with Gasteiger partial charge in [0.25, 0.3) is 5.56 Å².